The maximum absolute atomic E-state index is 5.72. The Hall–Kier alpha value is 2.02. The average Bonchev–Trinajstić information content (AvgIpc) is 2.08. The summed E-state index contributed by atoms with van der Waals surface area (Å²) in [5.74, 6) is 0. The van der Waals surface area contributed by atoms with E-state index < -0.39 is 0 Å². The Kier molecular flexibility index (Phi) is 6.85. The molecule has 0 radical (unpaired) electrons. The Labute approximate surface area is 130 Å². The van der Waals surface area contributed by atoms with Gasteiger partial charge in [-0.2, -0.15) is 0 Å². The normalized spacial score (nSPS) is 9.69. The average molecular weight is 306 g/mol. The second-order valence-electron chi connectivity index (χ2n) is 1.92. The molecule has 7 heteroatoms. The van der Waals surface area contributed by atoms with Gasteiger partial charge in [0.2, 0.25) is 0 Å². The van der Waals surface area contributed by atoms with Crippen LogP contribution in [0.5, 0.6) is 0 Å². The fourth-order valence-electron chi connectivity index (χ4n) is 0.593. The van der Waals surface area contributed by atoms with Crippen molar-refractivity contribution in [2.24, 2.45) is 0 Å². The van der Waals surface area contributed by atoms with E-state index in [1.807, 2.05) is 0 Å². The third-order valence-corrected chi connectivity index (χ3v) is 4.17. The van der Waals surface area contributed by atoms with Crippen molar-refractivity contribution < 1.29 is 31.0 Å². The summed E-state index contributed by atoms with van der Waals surface area (Å²) in [7, 11) is 0. The van der Waals surface area contributed by atoms with Crippen molar-refractivity contribution >= 4 is 70.6 Å². The van der Waals surface area contributed by atoms with E-state index in [4.69, 9.17) is 58.0 Å². The molecule has 0 aliphatic carbocycles. The van der Waals surface area contributed by atoms with E-state index in [9.17, 15) is 0 Å². The van der Waals surface area contributed by atoms with Crippen LogP contribution in [0.4, 0.5) is 0 Å². The van der Waals surface area contributed by atoms with Crippen LogP contribution in [0, 0.1) is 0 Å². The van der Waals surface area contributed by atoms with E-state index >= 15 is 0 Å². The molecule has 1 rings (SSSR count). The number of thiol groups is 1. The first-order valence-corrected chi connectivity index (χ1v) is 5.01. The molecular weight excluding hydrogens is 304 g/mol. The van der Waals surface area contributed by atoms with Gasteiger partial charge in [0.05, 0.1) is 25.1 Å². The van der Waals surface area contributed by atoms with Crippen molar-refractivity contribution in [1.29, 1.82) is 0 Å². The third kappa shape index (κ3) is 2.99. The largest absolute Gasteiger partial charge is 1.00 e. The fraction of sp³-hybridized carbons (Fsp3) is 0. The zero-order valence-electron chi connectivity index (χ0n) is 7.34. The zero-order valence-corrected chi connectivity index (χ0v) is 13.0. The summed E-state index contributed by atoms with van der Waals surface area (Å²) in [5, 5.41) is 0.889. The van der Waals surface area contributed by atoms with Gasteiger partial charge in [0, 0.05) is 4.90 Å². The molecule has 0 N–H and O–H groups in total. The van der Waals surface area contributed by atoms with Crippen molar-refractivity contribution in [3.63, 3.8) is 0 Å². The minimum absolute atomic E-state index is 0. The Morgan fingerprint density at radius 2 is 0.923 bits per heavy atom. The second-order valence-corrected chi connectivity index (χ2v) is 4.26. The molecule has 0 fully saturated rings. The van der Waals surface area contributed by atoms with Crippen LogP contribution in [0.3, 0.4) is 0 Å². The summed E-state index contributed by atoms with van der Waals surface area (Å²) in [6, 6.07) is 0. The summed E-state index contributed by atoms with van der Waals surface area (Å²) in [4.78, 5) is 0.331. The van der Waals surface area contributed by atoms with Crippen LogP contribution >= 0.6 is 70.6 Å². The van der Waals surface area contributed by atoms with Gasteiger partial charge >= 0.3 is 29.6 Å². The third-order valence-electron chi connectivity index (χ3n) is 1.19. The Morgan fingerprint density at radius 3 is 1.23 bits per heavy atom. The monoisotopic (exact) mass is 304 g/mol. The van der Waals surface area contributed by atoms with Crippen LogP contribution in [0.25, 0.3) is 0 Å². The molecular formula is C6H2Cl5NaS. The minimum Gasteiger partial charge on any atom is -1.00 e. The number of halogens is 5. The summed E-state index contributed by atoms with van der Waals surface area (Å²) in [6.07, 6.45) is 0. The van der Waals surface area contributed by atoms with Crippen molar-refractivity contribution in [2.75, 3.05) is 0 Å². The van der Waals surface area contributed by atoms with Crippen molar-refractivity contribution in [1.82, 2.24) is 0 Å². The maximum Gasteiger partial charge on any atom is 1.00 e. The second kappa shape index (κ2) is 5.93. The molecule has 0 aromatic heterocycles. The van der Waals surface area contributed by atoms with Gasteiger partial charge in [-0.15, -0.1) is 12.6 Å². The SMILES string of the molecule is Sc1c(Cl)c(Cl)c(Cl)c(Cl)c1Cl.[H-].[Na+]. The van der Waals surface area contributed by atoms with Gasteiger partial charge in [-0.25, -0.2) is 0 Å². The summed E-state index contributed by atoms with van der Waals surface area (Å²) >= 11 is 32.6. The van der Waals surface area contributed by atoms with Crippen molar-refractivity contribution in [3.05, 3.63) is 25.1 Å². The Bertz CT molecular complexity index is 240. The molecule has 13 heavy (non-hydrogen) atoms. The molecule has 0 aliphatic heterocycles. The van der Waals surface area contributed by atoms with Gasteiger partial charge in [-0.1, -0.05) is 58.0 Å². The fourth-order valence-corrected chi connectivity index (χ4v) is 2.09. The van der Waals surface area contributed by atoms with Crippen LogP contribution < -0.4 is 29.6 Å². The standard InChI is InChI=1S/C6HCl5S.Na.H/c7-1-2(8)4(10)6(12)5(11)3(1)9;;/h12H;;/q;+1;-1. The van der Waals surface area contributed by atoms with Gasteiger partial charge in [0.1, 0.15) is 0 Å². The Morgan fingerprint density at radius 1 is 0.692 bits per heavy atom. The van der Waals surface area contributed by atoms with E-state index in [1.165, 1.54) is 0 Å². The van der Waals surface area contributed by atoms with Crippen LogP contribution in [0.1, 0.15) is 1.43 Å². The summed E-state index contributed by atoms with van der Waals surface area (Å²) in [6.45, 7) is 0. The van der Waals surface area contributed by atoms with Crippen LogP contribution in [-0.4, -0.2) is 0 Å². The molecule has 0 amide bonds. The van der Waals surface area contributed by atoms with E-state index in [1.54, 1.807) is 0 Å². The molecule has 1 aromatic carbocycles. The van der Waals surface area contributed by atoms with Gasteiger partial charge in [0.15, 0.2) is 0 Å². The molecule has 0 heterocycles. The predicted molar refractivity (Wildman–Crippen MR) is 59.9 cm³/mol. The van der Waals surface area contributed by atoms with E-state index in [2.05, 4.69) is 12.6 Å². The molecule has 0 nitrogen and oxygen atoms in total. The van der Waals surface area contributed by atoms with Gasteiger partial charge in [-0.05, 0) is 0 Å². The molecule has 68 valence electrons. The molecule has 0 spiro atoms. The molecule has 0 saturated heterocycles. The van der Waals surface area contributed by atoms with E-state index in [-0.39, 0.29) is 56.1 Å². The topological polar surface area (TPSA) is 0 Å². The smallest absolute Gasteiger partial charge is 1.00 e. The first-order chi connectivity index (χ1) is 5.46. The number of hydrogen-bond acceptors (Lipinski definition) is 1. The Balaban J connectivity index is 0. The number of benzene rings is 1. The summed E-state index contributed by atoms with van der Waals surface area (Å²) < 4.78 is 0. The predicted octanol–water partition coefficient (Wildman–Crippen LogP) is 2.36. The van der Waals surface area contributed by atoms with Crippen molar-refractivity contribution in [2.45, 2.75) is 4.90 Å². The molecule has 0 aliphatic rings. The summed E-state index contributed by atoms with van der Waals surface area (Å²) in [5.41, 5.74) is 0. The number of hydrogen-bond donors (Lipinski definition) is 1. The van der Waals surface area contributed by atoms with E-state index in [0.29, 0.717) is 4.90 Å². The quantitative estimate of drug-likeness (QED) is 0.323. The molecule has 0 bridgehead atoms. The first kappa shape index (κ1) is 15.0. The van der Waals surface area contributed by atoms with Crippen LogP contribution in [0.2, 0.25) is 25.1 Å². The molecule has 1 aromatic rings. The molecule has 0 unspecified atom stereocenters. The van der Waals surface area contributed by atoms with Crippen molar-refractivity contribution in [3.8, 4) is 0 Å². The van der Waals surface area contributed by atoms with Crippen LogP contribution in [0.15, 0.2) is 4.90 Å². The van der Waals surface area contributed by atoms with Crippen LogP contribution in [-0.2, 0) is 0 Å². The molecule has 0 saturated carbocycles. The zero-order chi connectivity index (χ0) is 9.46. The number of rotatable bonds is 0. The minimum atomic E-state index is 0. The maximum atomic E-state index is 5.72. The van der Waals surface area contributed by atoms with Gasteiger partial charge in [0.25, 0.3) is 0 Å². The van der Waals surface area contributed by atoms with Gasteiger partial charge < -0.3 is 1.43 Å². The van der Waals surface area contributed by atoms with Gasteiger partial charge in [-0.3, -0.25) is 0 Å². The molecule has 0 atom stereocenters. The van der Waals surface area contributed by atoms with E-state index in [0.717, 1.165) is 0 Å². The first-order valence-electron chi connectivity index (χ1n) is 2.67.